The highest BCUT2D eigenvalue weighted by atomic mass is 35.5. The SMILES string of the molecule is Cl.O=C(O)CCC(=O)N1CCN(c2ccc(C(=O)Nc3n[nH]c4ccc(Cc5cc(F)cc(F)c5)cc34)c(NC3CCOCC3)c2)CC1. The molecule has 2 saturated heterocycles. The predicted octanol–water partition coefficient (Wildman–Crippen LogP) is 5.21. The third-order valence-electron chi connectivity index (χ3n) is 8.57. The third-order valence-corrected chi connectivity index (χ3v) is 8.57. The van der Waals surface area contributed by atoms with E-state index in [1.165, 1.54) is 12.1 Å². The van der Waals surface area contributed by atoms with Crippen LogP contribution in [0.4, 0.5) is 26.0 Å². The average Bonchev–Trinajstić information content (AvgIpc) is 3.45. The van der Waals surface area contributed by atoms with Gasteiger partial charge in [0, 0.05) is 74.7 Å². The Kier molecular flexibility index (Phi) is 11.1. The van der Waals surface area contributed by atoms with Gasteiger partial charge in [-0.25, -0.2) is 8.78 Å². The molecule has 254 valence electrons. The molecular weight excluding hydrogens is 646 g/mol. The number of H-pyrrole nitrogens is 1. The van der Waals surface area contributed by atoms with Crippen molar-refractivity contribution in [3.05, 3.63) is 82.9 Å². The first kappa shape index (κ1) is 34.6. The number of ether oxygens (including phenoxy) is 1. The number of hydrogen-bond acceptors (Lipinski definition) is 7. The molecule has 0 bridgehead atoms. The summed E-state index contributed by atoms with van der Waals surface area (Å²) in [6.45, 7) is 3.36. The van der Waals surface area contributed by atoms with Gasteiger partial charge in [-0.05, 0) is 72.9 Å². The number of benzene rings is 3. The second-order valence-electron chi connectivity index (χ2n) is 11.9. The van der Waals surface area contributed by atoms with Gasteiger partial charge in [0.25, 0.3) is 5.91 Å². The Balaban J connectivity index is 0.00000451. The van der Waals surface area contributed by atoms with Crippen LogP contribution >= 0.6 is 12.4 Å². The Bertz CT molecular complexity index is 1770. The molecule has 2 amide bonds. The van der Waals surface area contributed by atoms with Crippen molar-refractivity contribution in [3.63, 3.8) is 0 Å². The van der Waals surface area contributed by atoms with Gasteiger partial charge in [0.1, 0.15) is 11.6 Å². The van der Waals surface area contributed by atoms with Crippen LogP contribution in [0.15, 0.2) is 54.6 Å². The van der Waals surface area contributed by atoms with E-state index >= 15 is 0 Å². The summed E-state index contributed by atoms with van der Waals surface area (Å²) in [5, 5.41) is 23.3. The lowest BCUT2D eigenvalue weighted by atomic mass is 10.0. The van der Waals surface area contributed by atoms with Crippen molar-refractivity contribution < 1.29 is 33.0 Å². The number of nitrogens with one attached hydrogen (secondary N) is 3. The van der Waals surface area contributed by atoms with Gasteiger partial charge in [-0.15, -0.1) is 12.4 Å². The number of halogens is 3. The van der Waals surface area contributed by atoms with Gasteiger partial charge in [-0.2, -0.15) is 5.10 Å². The second kappa shape index (κ2) is 15.4. The summed E-state index contributed by atoms with van der Waals surface area (Å²) in [5.41, 5.74) is 3.99. The first-order valence-corrected chi connectivity index (χ1v) is 15.7. The number of rotatable bonds is 10. The molecule has 2 fully saturated rings. The number of piperazine rings is 1. The van der Waals surface area contributed by atoms with E-state index in [0.717, 1.165) is 30.2 Å². The maximum Gasteiger partial charge on any atom is 0.303 e. The molecule has 3 aromatic carbocycles. The van der Waals surface area contributed by atoms with E-state index in [1.807, 2.05) is 30.3 Å². The summed E-state index contributed by atoms with van der Waals surface area (Å²) in [7, 11) is 0. The Morgan fingerprint density at radius 3 is 2.35 bits per heavy atom. The molecule has 14 heteroatoms. The maximum atomic E-state index is 13.8. The minimum atomic E-state index is -0.991. The monoisotopic (exact) mass is 682 g/mol. The summed E-state index contributed by atoms with van der Waals surface area (Å²) < 4.78 is 33.0. The van der Waals surface area contributed by atoms with Crippen LogP contribution in [0.25, 0.3) is 10.9 Å². The van der Waals surface area contributed by atoms with Crippen molar-refractivity contribution in [3.8, 4) is 0 Å². The van der Waals surface area contributed by atoms with Gasteiger partial charge in [0.2, 0.25) is 5.91 Å². The van der Waals surface area contributed by atoms with E-state index in [2.05, 4.69) is 25.7 Å². The third kappa shape index (κ3) is 8.39. The zero-order valence-corrected chi connectivity index (χ0v) is 27.0. The average molecular weight is 683 g/mol. The molecule has 0 aliphatic carbocycles. The van der Waals surface area contributed by atoms with Crippen LogP contribution < -0.4 is 15.5 Å². The zero-order valence-electron chi connectivity index (χ0n) is 26.1. The minimum absolute atomic E-state index is 0. The van der Waals surface area contributed by atoms with E-state index in [-0.39, 0.29) is 43.1 Å². The van der Waals surface area contributed by atoms with Crippen LogP contribution in [0.5, 0.6) is 0 Å². The lowest BCUT2D eigenvalue weighted by Gasteiger charge is -2.36. The summed E-state index contributed by atoms with van der Waals surface area (Å²) >= 11 is 0. The Labute approximate surface area is 282 Å². The molecule has 0 spiro atoms. The number of carboxylic acids is 1. The molecule has 6 rings (SSSR count). The Hall–Kier alpha value is -4.75. The highest BCUT2D eigenvalue weighted by Gasteiger charge is 2.24. The molecule has 0 atom stereocenters. The van der Waals surface area contributed by atoms with E-state index in [4.69, 9.17) is 9.84 Å². The van der Waals surface area contributed by atoms with Crippen LogP contribution in [0, 0.1) is 11.6 Å². The van der Waals surface area contributed by atoms with Crippen LogP contribution in [0.3, 0.4) is 0 Å². The van der Waals surface area contributed by atoms with Crippen LogP contribution in [-0.4, -0.2) is 83.4 Å². The van der Waals surface area contributed by atoms with Crippen molar-refractivity contribution in [2.45, 2.75) is 38.1 Å². The summed E-state index contributed by atoms with van der Waals surface area (Å²) in [6.07, 6.45) is 1.69. The van der Waals surface area contributed by atoms with Crippen LogP contribution in [-0.2, 0) is 20.7 Å². The molecule has 2 aliphatic rings. The number of nitrogens with zero attached hydrogens (tertiary/aromatic N) is 3. The largest absolute Gasteiger partial charge is 0.481 e. The number of carbonyl (C=O) groups is 3. The van der Waals surface area contributed by atoms with Gasteiger partial charge in [-0.3, -0.25) is 19.5 Å². The summed E-state index contributed by atoms with van der Waals surface area (Å²) in [5.74, 6) is -2.46. The van der Waals surface area contributed by atoms with Gasteiger partial charge >= 0.3 is 5.97 Å². The topological polar surface area (TPSA) is 140 Å². The van der Waals surface area contributed by atoms with Gasteiger partial charge in [0.05, 0.1) is 17.5 Å². The van der Waals surface area contributed by atoms with E-state index in [1.54, 1.807) is 11.0 Å². The molecule has 2 aliphatic heterocycles. The lowest BCUT2D eigenvalue weighted by molar-refractivity contribution is -0.141. The molecule has 4 aromatic rings. The molecule has 3 heterocycles. The van der Waals surface area contributed by atoms with Crippen molar-refractivity contribution in [1.82, 2.24) is 15.1 Å². The highest BCUT2D eigenvalue weighted by Crippen LogP contribution is 2.29. The fourth-order valence-corrected chi connectivity index (χ4v) is 6.08. The lowest BCUT2D eigenvalue weighted by Crippen LogP contribution is -2.48. The molecule has 0 unspecified atom stereocenters. The number of aromatic amines is 1. The van der Waals surface area contributed by atoms with Gasteiger partial charge in [0.15, 0.2) is 5.82 Å². The smallest absolute Gasteiger partial charge is 0.303 e. The Morgan fingerprint density at radius 2 is 1.65 bits per heavy atom. The van der Waals surface area contributed by atoms with E-state index in [0.29, 0.717) is 79.3 Å². The predicted molar refractivity (Wildman–Crippen MR) is 180 cm³/mol. The molecule has 11 nitrogen and oxygen atoms in total. The molecular formula is C34H37ClF2N6O5. The molecule has 0 radical (unpaired) electrons. The molecule has 1 aromatic heterocycles. The quantitative estimate of drug-likeness (QED) is 0.179. The fraction of sp³-hybridized carbons (Fsp3) is 0.353. The number of carbonyl (C=O) groups excluding carboxylic acids is 2. The molecule has 48 heavy (non-hydrogen) atoms. The van der Waals surface area contributed by atoms with Gasteiger partial charge in [-0.1, -0.05) is 6.07 Å². The van der Waals surface area contributed by atoms with Gasteiger partial charge < -0.3 is 30.3 Å². The highest BCUT2D eigenvalue weighted by molar-refractivity contribution is 6.11. The number of carboxylic acid groups (broad SMARTS) is 1. The first-order valence-electron chi connectivity index (χ1n) is 15.7. The first-order chi connectivity index (χ1) is 22.7. The Morgan fingerprint density at radius 1 is 0.917 bits per heavy atom. The normalized spacial score (nSPS) is 15.2. The van der Waals surface area contributed by atoms with Crippen molar-refractivity contribution in [2.24, 2.45) is 0 Å². The minimum Gasteiger partial charge on any atom is -0.481 e. The number of anilines is 3. The zero-order chi connectivity index (χ0) is 32.9. The van der Waals surface area contributed by atoms with Crippen LogP contribution in [0.1, 0.15) is 47.2 Å². The number of fused-ring (bicyclic) bond motifs is 1. The summed E-state index contributed by atoms with van der Waals surface area (Å²) in [6, 6.07) is 14.7. The number of aromatic nitrogens is 2. The second-order valence-corrected chi connectivity index (χ2v) is 11.9. The maximum absolute atomic E-state index is 13.8. The molecule has 4 N–H and O–H groups in total. The van der Waals surface area contributed by atoms with E-state index < -0.39 is 17.6 Å². The van der Waals surface area contributed by atoms with Crippen LogP contribution in [0.2, 0.25) is 0 Å². The molecule has 0 saturated carbocycles. The van der Waals surface area contributed by atoms with E-state index in [9.17, 15) is 23.2 Å². The number of aliphatic carboxylic acids is 1. The number of amides is 2. The standard InChI is InChI=1S/C34H36F2N6O5.ClH/c35-23-16-22(17-24(36)19-23)15-21-1-4-29-28(18-21)33(40-39-29)38-34(46)27-3-2-26(20-30(27)37-25-7-13-47-14-8-25)41-9-11-42(12-10-41)31(43)5-6-32(44)45;/h1-4,16-20,25,37H,5-15H2,(H,44,45)(H2,38,39,40,46);1H. The number of hydrogen-bond donors (Lipinski definition) is 4. The van der Waals surface area contributed by atoms with Crippen molar-refractivity contribution >= 4 is 58.3 Å². The summed E-state index contributed by atoms with van der Waals surface area (Å²) in [4.78, 5) is 40.9. The van der Waals surface area contributed by atoms with Crippen molar-refractivity contribution in [2.75, 3.05) is 54.9 Å². The van der Waals surface area contributed by atoms with Crippen molar-refractivity contribution in [1.29, 1.82) is 0 Å². The fourth-order valence-electron chi connectivity index (χ4n) is 6.08.